The molecule has 2 rings (SSSR count). The Hall–Kier alpha value is -3.03. The van der Waals surface area contributed by atoms with E-state index >= 15 is 0 Å². The normalized spacial score (nSPS) is 11.1. The van der Waals surface area contributed by atoms with Crippen molar-refractivity contribution in [3.8, 4) is 16.9 Å². The topological polar surface area (TPSA) is 83.8 Å². The van der Waals surface area contributed by atoms with Crippen molar-refractivity contribution in [3.05, 3.63) is 53.6 Å². The summed E-state index contributed by atoms with van der Waals surface area (Å²) in [5.74, 6) is -2.50. The summed E-state index contributed by atoms with van der Waals surface area (Å²) in [6, 6.07) is 7.77. The predicted molar refractivity (Wildman–Crippen MR) is 77.0 cm³/mol. The second-order valence-corrected chi connectivity index (χ2v) is 4.77. The molecule has 0 amide bonds. The Morgan fingerprint density at radius 2 is 1.62 bits per heavy atom. The molecule has 0 atom stereocenters. The lowest BCUT2D eigenvalue weighted by Crippen LogP contribution is -2.11. The summed E-state index contributed by atoms with van der Waals surface area (Å²) in [5, 5.41) is 17.5. The Kier molecular flexibility index (Phi) is 4.77. The van der Waals surface area contributed by atoms with Crippen molar-refractivity contribution in [3.63, 3.8) is 0 Å². The Bertz CT molecular complexity index is 766. The maximum absolute atomic E-state index is 12.9. The molecule has 2 aromatic rings. The van der Waals surface area contributed by atoms with Gasteiger partial charge in [0.1, 0.15) is 5.75 Å². The average Bonchev–Trinajstić information content (AvgIpc) is 2.52. The molecule has 0 aliphatic heterocycles. The first-order chi connectivity index (χ1) is 11.2. The maximum Gasteiger partial charge on any atom is 0.416 e. The molecule has 2 N–H and O–H groups in total. The number of carboxylic acids is 2. The van der Waals surface area contributed by atoms with Gasteiger partial charge in [-0.05, 0) is 35.9 Å². The first-order valence-corrected chi connectivity index (χ1v) is 6.58. The first-order valence-electron chi connectivity index (χ1n) is 6.58. The number of alkyl halides is 3. The van der Waals surface area contributed by atoms with Crippen LogP contribution in [0.25, 0.3) is 11.1 Å². The number of carboxylic acid groups (broad SMARTS) is 2. The molecule has 126 valence electrons. The fraction of sp³-hybridized carbons (Fsp3) is 0.125. The standard InChI is InChI=1S/C16H11F3O5/c17-16(18,19)11-5-6-13(24-8-14(20)21)12(7-11)9-1-3-10(4-2-9)15(22)23/h1-7H,8H2,(H,20,21)(H,22,23). The molecule has 0 saturated heterocycles. The highest BCUT2D eigenvalue weighted by atomic mass is 19.4. The van der Waals surface area contributed by atoms with Crippen molar-refractivity contribution in [2.75, 3.05) is 6.61 Å². The zero-order chi connectivity index (χ0) is 17.9. The minimum absolute atomic E-state index is 0.0167. The van der Waals surface area contributed by atoms with Crippen molar-refractivity contribution < 1.29 is 37.7 Å². The molecule has 0 spiro atoms. The van der Waals surface area contributed by atoms with Gasteiger partial charge in [0.2, 0.25) is 0 Å². The number of rotatable bonds is 5. The number of aliphatic carboxylic acids is 1. The summed E-state index contributed by atoms with van der Waals surface area (Å²) in [6.07, 6.45) is -4.58. The van der Waals surface area contributed by atoms with Gasteiger partial charge in [0.05, 0.1) is 11.1 Å². The van der Waals surface area contributed by atoms with Crippen molar-refractivity contribution in [2.24, 2.45) is 0 Å². The molecule has 0 saturated carbocycles. The molecule has 5 nitrogen and oxygen atoms in total. The number of ether oxygens (including phenoxy) is 1. The van der Waals surface area contributed by atoms with E-state index in [0.717, 1.165) is 18.2 Å². The van der Waals surface area contributed by atoms with E-state index in [1.54, 1.807) is 0 Å². The van der Waals surface area contributed by atoms with Gasteiger partial charge in [-0.1, -0.05) is 12.1 Å². The smallest absolute Gasteiger partial charge is 0.416 e. The van der Waals surface area contributed by atoms with E-state index in [0.29, 0.717) is 0 Å². The Balaban J connectivity index is 2.50. The van der Waals surface area contributed by atoms with E-state index < -0.39 is 30.3 Å². The first kappa shape index (κ1) is 17.3. The molecule has 0 fully saturated rings. The van der Waals surface area contributed by atoms with Crippen molar-refractivity contribution in [1.29, 1.82) is 0 Å². The van der Waals surface area contributed by atoms with Gasteiger partial charge in [0.25, 0.3) is 0 Å². The number of hydrogen-bond donors (Lipinski definition) is 2. The van der Waals surface area contributed by atoms with E-state index in [-0.39, 0.29) is 22.4 Å². The molecule has 0 aromatic heterocycles. The van der Waals surface area contributed by atoms with Crippen LogP contribution in [-0.2, 0) is 11.0 Å². The zero-order valence-corrected chi connectivity index (χ0v) is 12.0. The van der Waals surface area contributed by atoms with Crippen LogP contribution in [0.15, 0.2) is 42.5 Å². The van der Waals surface area contributed by atoms with Gasteiger partial charge in [-0.3, -0.25) is 0 Å². The fourth-order valence-electron chi connectivity index (χ4n) is 1.99. The van der Waals surface area contributed by atoms with Crippen LogP contribution >= 0.6 is 0 Å². The Morgan fingerprint density at radius 3 is 2.12 bits per heavy atom. The molecule has 0 heterocycles. The lowest BCUT2D eigenvalue weighted by molar-refractivity contribution is -0.140. The molecule has 0 radical (unpaired) electrons. The molecular formula is C16H11F3O5. The largest absolute Gasteiger partial charge is 0.481 e. The van der Waals surface area contributed by atoms with Gasteiger partial charge in [-0.25, -0.2) is 9.59 Å². The summed E-state index contributed by atoms with van der Waals surface area (Å²) in [5.41, 5.74) is -0.671. The molecule has 24 heavy (non-hydrogen) atoms. The van der Waals surface area contributed by atoms with Crippen LogP contribution in [0.5, 0.6) is 5.75 Å². The number of hydrogen-bond acceptors (Lipinski definition) is 3. The predicted octanol–water partition coefficient (Wildman–Crippen LogP) is 3.53. The SMILES string of the molecule is O=C(O)COc1ccc(C(F)(F)F)cc1-c1ccc(C(=O)O)cc1. The van der Waals surface area contributed by atoms with Crippen molar-refractivity contribution >= 4 is 11.9 Å². The Labute approximate surface area is 133 Å². The van der Waals surface area contributed by atoms with E-state index in [1.165, 1.54) is 24.3 Å². The van der Waals surface area contributed by atoms with Crippen LogP contribution in [0.2, 0.25) is 0 Å². The number of halogens is 3. The van der Waals surface area contributed by atoms with Crippen LogP contribution in [0.4, 0.5) is 13.2 Å². The van der Waals surface area contributed by atoms with Gasteiger partial charge in [-0.15, -0.1) is 0 Å². The minimum atomic E-state index is -4.58. The molecule has 0 aliphatic carbocycles. The van der Waals surface area contributed by atoms with Gasteiger partial charge in [0, 0.05) is 5.56 Å². The molecule has 0 unspecified atom stereocenters. The lowest BCUT2D eigenvalue weighted by atomic mass is 10.0. The summed E-state index contributed by atoms with van der Waals surface area (Å²) >= 11 is 0. The van der Waals surface area contributed by atoms with Crippen molar-refractivity contribution in [2.45, 2.75) is 6.18 Å². The molecular weight excluding hydrogens is 329 g/mol. The van der Waals surface area contributed by atoms with Gasteiger partial charge < -0.3 is 14.9 Å². The van der Waals surface area contributed by atoms with Crippen LogP contribution in [0, 0.1) is 0 Å². The average molecular weight is 340 g/mol. The highest BCUT2D eigenvalue weighted by molar-refractivity contribution is 5.88. The van der Waals surface area contributed by atoms with Gasteiger partial charge >= 0.3 is 18.1 Å². The van der Waals surface area contributed by atoms with E-state index in [2.05, 4.69) is 0 Å². The monoisotopic (exact) mass is 340 g/mol. The van der Waals surface area contributed by atoms with E-state index in [9.17, 15) is 22.8 Å². The van der Waals surface area contributed by atoms with E-state index in [4.69, 9.17) is 14.9 Å². The molecule has 0 aliphatic rings. The summed E-state index contributed by atoms with van der Waals surface area (Å²) in [6.45, 7) is -0.717. The van der Waals surface area contributed by atoms with Crippen LogP contribution in [-0.4, -0.2) is 28.8 Å². The molecule has 8 heteroatoms. The van der Waals surface area contributed by atoms with E-state index in [1.807, 2.05) is 0 Å². The van der Waals surface area contributed by atoms with Gasteiger partial charge in [-0.2, -0.15) is 13.2 Å². The van der Waals surface area contributed by atoms with Crippen LogP contribution in [0.3, 0.4) is 0 Å². The number of benzene rings is 2. The van der Waals surface area contributed by atoms with Crippen molar-refractivity contribution in [1.82, 2.24) is 0 Å². The highest BCUT2D eigenvalue weighted by Crippen LogP contribution is 2.37. The maximum atomic E-state index is 12.9. The summed E-state index contributed by atoms with van der Waals surface area (Å²) in [7, 11) is 0. The van der Waals surface area contributed by atoms with Gasteiger partial charge in [0.15, 0.2) is 6.61 Å². The van der Waals surface area contributed by atoms with Crippen LogP contribution < -0.4 is 4.74 Å². The van der Waals surface area contributed by atoms with Crippen LogP contribution in [0.1, 0.15) is 15.9 Å². The quantitative estimate of drug-likeness (QED) is 0.870. The molecule has 2 aromatic carbocycles. The Morgan fingerprint density at radius 1 is 1.00 bits per heavy atom. The zero-order valence-electron chi connectivity index (χ0n) is 12.0. The minimum Gasteiger partial charge on any atom is -0.481 e. The second-order valence-electron chi connectivity index (χ2n) is 4.77. The molecule has 0 bridgehead atoms. The second kappa shape index (κ2) is 6.61. The highest BCUT2D eigenvalue weighted by Gasteiger charge is 2.31. The number of aromatic carboxylic acids is 1. The number of carbonyl (C=O) groups is 2. The fourth-order valence-corrected chi connectivity index (χ4v) is 1.99. The lowest BCUT2D eigenvalue weighted by Gasteiger charge is -2.14. The summed E-state index contributed by atoms with van der Waals surface area (Å²) < 4.78 is 43.7. The third-order valence-electron chi connectivity index (χ3n) is 3.10. The summed E-state index contributed by atoms with van der Waals surface area (Å²) in [4.78, 5) is 21.4. The third kappa shape index (κ3) is 4.03. The third-order valence-corrected chi connectivity index (χ3v) is 3.10.